The summed E-state index contributed by atoms with van der Waals surface area (Å²) in [4.78, 5) is 18.4. The Morgan fingerprint density at radius 2 is 2.39 bits per heavy atom. The maximum atomic E-state index is 12.5. The first-order valence-corrected chi connectivity index (χ1v) is 6.28. The third kappa shape index (κ3) is 2.46. The highest BCUT2D eigenvalue weighted by atomic mass is 16.5. The van der Waals surface area contributed by atoms with E-state index in [9.17, 15) is 4.79 Å². The molecule has 0 aromatic carbocycles. The standard InChI is InChI=1S/C13H19N3O2/c1-18-12-11(6-3-8-15-12)13(17)16(9-7-14)10-4-2-5-10/h3,6,8,10H,2,4-5,7,9,14H2,1H3. The lowest BCUT2D eigenvalue weighted by molar-refractivity contribution is 0.0584. The lowest BCUT2D eigenvalue weighted by atomic mass is 9.91. The van der Waals surface area contributed by atoms with Gasteiger partial charge in [0, 0.05) is 25.3 Å². The van der Waals surface area contributed by atoms with E-state index in [1.54, 1.807) is 18.3 Å². The molecular formula is C13H19N3O2. The van der Waals surface area contributed by atoms with Gasteiger partial charge in [0.1, 0.15) is 5.56 Å². The van der Waals surface area contributed by atoms with Crippen LogP contribution in [0.3, 0.4) is 0 Å². The zero-order valence-corrected chi connectivity index (χ0v) is 10.6. The molecule has 0 saturated heterocycles. The van der Waals surface area contributed by atoms with Gasteiger partial charge in [0.05, 0.1) is 7.11 Å². The highest BCUT2D eigenvalue weighted by molar-refractivity contribution is 5.96. The summed E-state index contributed by atoms with van der Waals surface area (Å²) in [7, 11) is 1.52. The van der Waals surface area contributed by atoms with Crippen LogP contribution in [0, 0.1) is 0 Å². The minimum absolute atomic E-state index is 0.0323. The van der Waals surface area contributed by atoms with Crippen LogP contribution in [-0.4, -0.2) is 42.0 Å². The lowest BCUT2D eigenvalue weighted by Gasteiger charge is -2.37. The number of hydrogen-bond acceptors (Lipinski definition) is 4. The van der Waals surface area contributed by atoms with Crippen LogP contribution in [0.5, 0.6) is 5.88 Å². The maximum Gasteiger partial charge on any atom is 0.259 e. The van der Waals surface area contributed by atoms with Gasteiger partial charge in [0.25, 0.3) is 5.91 Å². The van der Waals surface area contributed by atoms with E-state index in [4.69, 9.17) is 10.5 Å². The van der Waals surface area contributed by atoms with Crippen molar-refractivity contribution in [2.75, 3.05) is 20.2 Å². The molecule has 0 spiro atoms. The quantitative estimate of drug-likeness (QED) is 0.846. The molecule has 1 saturated carbocycles. The maximum absolute atomic E-state index is 12.5. The van der Waals surface area contributed by atoms with Gasteiger partial charge in [-0.15, -0.1) is 0 Å². The van der Waals surface area contributed by atoms with Crippen molar-refractivity contribution >= 4 is 5.91 Å². The van der Waals surface area contributed by atoms with Crippen LogP contribution in [0.4, 0.5) is 0 Å². The number of nitrogens with zero attached hydrogens (tertiary/aromatic N) is 2. The minimum Gasteiger partial charge on any atom is -0.480 e. The van der Waals surface area contributed by atoms with Gasteiger partial charge in [0.15, 0.2) is 0 Å². The predicted molar refractivity (Wildman–Crippen MR) is 68.5 cm³/mol. The van der Waals surface area contributed by atoms with Crippen LogP contribution in [0.1, 0.15) is 29.6 Å². The minimum atomic E-state index is -0.0323. The van der Waals surface area contributed by atoms with Gasteiger partial charge >= 0.3 is 0 Å². The second-order valence-electron chi connectivity index (χ2n) is 4.43. The molecule has 98 valence electrons. The van der Waals surface area contributed by atoms with Crippen LogP contribution >= 0.6 is 0 Å². The van der Waals surface area contributed by atoms with Crippen LogP contribution < -0.4 is 10.5 Å². The lowest BCUT2D eigenvalue weighted by Crippen LogP contribution is -2.46. The van der Waals surface area contributed by atoms with Crippen LogP contribution in [0.2, 0.25) is 0 Å². The van der Waals surface area contributed by atoms with Gasteiger partial charge in [-0.25, -0.2) is 4.98 Å². The summed E-state index contributed by atoms with van der Waals surface area (Å²) in [5, 5.41) is 0. The molecule has 1 fully saturated rings. The highest BCUT2D eigenvalue weighted by Gasteiger charge is 2.30. The molecule has 2 rings (SSSR count). The topological polar surface area (TPSA) is 68.5 Å². The number of methoxy groups -OCH3 is 1. The number of rotatable bonds is 5. The average molecular weight is 249 g/mol. The second-order valence-corrected chi connectivity index (χ2v) is 4.43. The molecule has 0 radical (unpaired) electrons. The molecule has 2 N–H and O–H groups in total. The Balaban J connectivity index is 2.21. The van der Waals surface area contributed by atoms with Crippen molar-refractivity contribution in [1.82, 2.24) is 9.88 Å². The van der Waals surface area contributed by atoms with Gasteiger partial charge < -0.3 is 15.4 Å². The molecule has 0 bridgehead atoms. The monoisotopic (exact) mass is 249 g/mol. The summed E-state index contributed by atoms with van der Waals surface area (Å²) >= 11 is 0. The number of carbonyl (C=O) groups excluding carboxylic acids is 1. The Kier molecular flexibility index (Phi) is 4.15. The number of aromatic nitrogens is 1. The van der Waals surface area contributed by atoms with Crippen molar-refractivity contribution in [1.29, 1.82) is 0 Å². The van der Waals surface area contributed by atoms with Crippen molar-refractivity contribution in [3.63, 3.8) is 0 Å². The van der Waals surface area contributed by atoms with Crippen molar-refractivity contribution in [3.05, 3.63) is 23.9 Å². The van der Waals surface area contributed by atoms with Gasteiger partial charge in [0.2, 0.25) is 5.88 Å². The molecule has 0 aliphatic heterocycles. The third-order valence-electron chi connectivity index (χ3n) is 3.34. The first-order chi connectivity index (χ1) is 8.77. The summed E-state index contributed by atoms with van der Waals surface area (Å²) in [6.45, 7) is 1.06. The van der Waals surface area contributed by atoms with Gasteiger partial charge in [-0.3, -0.25) is 4.79 Å². The van der Waals surface area contributed by atoms with Crippen molar-refractivity contribution < 1.29 is 9.53 Å². The fraction of sp³-hybridized carbons (Fsp3) is 0.538. The van der Waals surface area contributed by atoms with E-state index in [1.165, 1.54) is 13.5 Å². The van der Waals surface area contributed by atoms with Gasteiger partial charge in [-0.1, -0.05) is 0 Å². The van der Waals surface area contributed by atoms with Crippen molar-refractivity contribution in [2.45, 2.75) is 25.3 Å². The van der Waals surface area contributed by atoms with E-state index < -0.39 is 0 Å². The first kappa shape index (κ1) is 12.8. The third-order valence-corrected chi connectivity index (χ3v) is 3.34. The molecular weight excluding hydrogens is 230 g/mol. The van der Waals surface area contributed by atoms with Crippen LogP contribution in [-0.2, 0) is 0 Å². The zero-order valence-electron chi connectivity index (χ0n) is 10.6. The van der Waals surface area contributed by atoms with E-state index in [1.807, 2.05) is 4.90 Å². The average Bonchev–Trinajstić information content (AvgIpc) is 2.35. The van der Waals surface area contributed by atoms with Crippen LogP contribution in [0.15, 0.2) is 18.3 Å². The smallest absolute Gasteiger partial charge is 0.259 e. The molecule has 0 atom stereocenters. The predicted octanol–water partition coefficient (Wildman–Crippen LogP) is 1.04. The number of amides is 1. The largest absolute Gasteiger partial charge is 0.480 e. The molecule has 1 amide bonds. The molecule has 18 heavy (non-hydrogen) atoms. The summed E-state index contributed by atoms with van der Waals surface area (Å²) in [6, 6.07) is 3.82. The Labute approximate surface area is 107 Å². The normalized spacial score (nSPS) is 15.0. The summed E-state index contributed by atoms with van der Waals surface area (Å²) < 4.78 is 5.14. The second kappa shape index (κ2) is 5.82. The molecule has 1 aliphatic carbocycles. The summed E-state index contributed by atoms with van der Waals surface area (Å²) in [5.74, 6) is 0.346. The fourth-order valence-electron chi connectivity index (χ4n) is 2.16. The number of carbonyl (C=O) groups is 1. The Bertz CT molecular complexity index is 418. The molecule has 0 unspecified atom stereocenters. The SMILES string of the molecule is COc1ncccc1C(=O)N(CCN)C1CCC1. The fourth-order valence-corrected chi connectivity index (χ4v) is 2.16. The van der Waals surface area contributed by atoms with Crippen molar-refractivity contribution in [2.24, 2.45) is 5.73 Å². The van der Waals surface area contributed by atoms with E-state index >= 15 is 0 Å². The molecule has 1 aliphatic rings. The number of hydrogen-bond donors (Lipinski definition) is 1. The number of ether oxygens (including phenoxy) is 1. The van der Waals surface area contributed by atoms with Gasteiger partial charge in [-0.2, -0.15) is 0 Å². The molecule has 1 aromatic heterocycles. The Morgan fingerprint density at radius 3 is 2.94 bits per heavy atom. The number of nitrogens with two attached hydrogens (primary N) is 1. The van der Waals surface area contributed by atoms with E-state index in [-0.39, 0.29) is 5.91 Å². The first-order valence-electron chi connectivity index (χ1n) is 6.28. The van der Waals surface area contributed by atoms with Gasteiger partial charge in [-0.05, 0) is 31.4 Å². The Hall–Kier alpha value is -1.62. The summed E-state index contributed by atoms with van der Waals surface area (Å²) in [5.41, 5.74) is 6.11. The van der Waals surface area contributed by atoms with E-state index in [2.05, 4.69) is 4.98 Å². The van der Waals surface area contributed by atoms with Crippen molar-refractivity contribution in [3.8, 4) is 5.88 Å². The summed E-state index contributed by atoms with van der Waals surface area (Å²) in [6.07, 6.45) is 4.93. The molecule has 1 aromatic rings. The van der Waals surface area contributed by atoms with E-state index in [0.717, 1.165) is 12.8 Å². The van der Waals surface area contributed by atoms with E-state index in [0.29, 0.717) is 30.6 Å². The number of pyridine rings is 1. The molecule has 1 heterocycles. The zero-order chi connectivity index (χ0) is 13.0. The Morgan fingerprint density at radius 1 is 1.61 bits per heavy atom. The van der Waals surface area contributed by atoms with Crippen LogP contribution in [0.25, 0.3) is 0 Å². The molecule has 5 heteroatoms. The molecule has 5 nitrogen and oxygen atoms in total. The highest BCUT2D eigenvalue weighted by Crippen LogP contribution is 2.27.